The molecule has 6 nitrogen and oxygen atoms in total. The van der Waals surface area contributed by atoms with Crippen molar-refractivity contribution in [1.82, 2.24) is 5.16 Å². The van der Waals surface area contributed by atoms with Crippen LogP contribution in [0.2, 0.25) is 5.02 Å². The van der Waals surface area contributed by atoms with Crippen molar-refractivity contribution in [1.29, 1.82) is 0 Å². The fraction of sp³-hybridized carbons (Fsp3) is 0.0909. The van der Waals surface area contributed by atoms with Crippen molar-refractivity contribution >= 4 is 23.5 Å². The van der Waals surface area contributed by atoms with Crippen LogP contribution in [0.3, 0.4) is 0 Å². The van der Waals surface area contributed by atoms with Crippen molar-refractivity contribution in [2.75, 3.05) is 12.8 Å². The molecule has 7 heteroatoms. The van der Waals surface area contributed by atoms with E-state index in [1.807, 2.05) is 0 Å². The molecule has 2 rings (SSSR count). The highest BCUT2D eigenvalue weighted by atomic mass is 35.5. The molecule has 0 aliphatic carbocycles. The van der Waals surface area contributed by atoms with Crippen LogP contribution in [0.1, 0.15) is 10.5 Å². The molecule has 18 heavy (non-hydrogen) atoms. The van der Waals surface area contributed by atoms with Gasteiger partial charge in [-0.2, -0.15) is 0 Å². The van der Waals surface area contributed by atoms with E-state index in [0.717, 1.165) is 0 Å². The molecule has 0 unspecified atom stereocenters. The van der Waals surface area contributed by atoms with Gasteiger partial charge in [0.05, 0.1) is 17.7 Å². The topological polar surface area (TPSA) is 98.6 Å². The van der Waals surface area contributed by atoms with Crippen LogP contribution in [-0.2, 0) is 0 Å². The zero-order valence-corrected chi connectivity index (χ0v) is 10.1. The molecule has 0 saturated carbocycles. The number of halogens is 1. The second-order valence-corrected chi connectivity index (χ2v) is 3.83. The summed E-state index contributed by atoms with van der Waals surface area (Å²) in [6.45, 7) is 0. The average Bonchev–Trinajstić information content (AvgIpc) is 2.71. The Morgan fingerprint density at radius 2 is 2.28 bits per heavy atom. The molecule has 0 atom stereocenters. The van der Waals surface area contributed by atoms with Gasteiger partial charge in [-0.05, 0) is 18.2 Å². The number of benzene rings is 1. The second kappa shape index (κ2) is 4.58. The van der Waals surface area contributed by atoms with Crippen LogP contribution in [0.25, 0.3) is 11.1 Å². The van der Waals surface area contributed by atoms with Crippen LogP contribution in [0.5, 0.6) is 5.75 Å². The maximum atomic E-state index is 11.0. The summed E-state index contributed by atoms with van der Waals surface area (Å²) in [5.41, 5.74) is 5.88. The number of carboxylic acids is 1. The van der Waals surface area contributed by atoms with Crippen molar-refractivity contribution in [2.24, 2.45) is 0 Å². The SMILES string of the molecule is COc1ccc(-c2c(C(=O)O)noc2N)c(Cl)c1. The number of aromatic carboxylic acids is 1. The Morgan fingerprint density at radius 1 is 1.56 bits per heavy atom. The number of methoxy groups -OCH3 is 1. The number of aromatic nitrogens is 1. The molecule has 0 saturated heterocycles. The van der Waals surface area contributed by atoms with Gasteiger partial charge >= 0.3 is 5.97 Å². The molecule has 0 aliphatic rings. The van der Waals surface area contributed by atoms with E-state index in [9.17, 15) is 4.79 Å². The maximum Gasteiger partial charge on any atom is 0.358 e. The second-order valence-electron chi connectivity index (χ2n) is 3.42. The lowest BCUT2D eigenvalue weighted by molar-refractivity contribution is 0.0686. The zero-order valence-electron chi connectivity index (χ0n) is 9.31. The van der Waals surface area contributed by atoms with Crippen LogP contribution in [0, 0.1) is 0 Å². The molecule has 2 aromatic rings. The van der Waals surface area contributed by atoms with Crippen molar-refractivity contribution in [3.8, 4) is 16.9 Å². The Balaban J connectivity index is 2.62. The number of hydrogen-bond acceptors (Lipinski definition) is 5. The van der Waals surface area contributed by atoms with E-state index in [4.69, 9.17) is 27.2 Å². The van der Waals surface area contributed by atoms with Crippen LogP contribution < -0.4 is 10.5 Å². The summed E-state index contributed by atoms with van der Waals surface area (Å²) in [6.07, 6.45) is 0. The molecule has 0 fully saturated rings. The van der Waals surface area contributed by atoms with Crippen molar-refractivity contribution in [3.05, 3.63) is 28.9 Å². The Morgan fingerprint density at radius 3 is 2.83 bits per heavy atom. The molecule has 0 aliphatic heterocycles. The molecule has 0 bridgehead atoms. The van der Waals surface area contributed by atoms with Gasteiger partial charge in [0.15, 0.2) is 0 Å². The van der Waals surface area contributed by atoms with Crippen molar-refractivity contribution in [3.63, 3.8) is 0 Å². The lowest BCUT2D eigenvalue weighted by atomic mass is 10.1. The highest BCUT2D eigenvalue weighted by Crippen LogP contribution is 2.36. The summed E-state index contributed by atoms with van der Waals surface area (Å²) in [5.74, 6) is -0.785. The Kier molecular flexibility index (Phi) is 3.12. The van der Waals surface area contributed by atoms with E-state index >= 15 is 0 Å². The molecule has 94 valence electrons. The number of anilines is 1. The zero-order chi connectivity index (χ0) is 13.3. The number of ether oxygens (including phenoxy) is 1. The Bertz CT molecular complexity index is 609. The minimum absolute atomic E-state index is 0.0977. The van der Waals surface area contributed by atoms with Gasteiger partial charge in [-0.3, -0.25) is 0 Å². The van der Waals surface area contributed by atoms with Gasteiger partial charge in [0, 0.05) is 5.56 Å². The van der Waals surface area contributed by atoms with Crippen LogP contribution >= 0.6 is 11.6 Å². The third-order valence-electron chi connectivity index (χ3n) is 2.37. The average molecular weight is 269 g/mol. The first-order valence-electron chi connectivity index (χ1n) is 4.87. The molecule has 0 radical (unpaired) electrons. The third-order valence-corrected chi connectivity index (χ3v) is 2.68. The van der Waals surface area contributed by atoms with Crippen molar-refractivity contribution < 1.29 is 19.2 Å². The van der Waals surface area contributed by atoms with E-state index in [2.05, 4.69) is 9.68 Å². The number of rotatable bonds is 3. The van der Waals surface area contributed by atoms with Gasteiger partial charge in [0.2, 0.25) is 11.6 Å². The first-order valence-corrected chi connectivity index (χ1v) is 5.24. The number of nitrogens with zero attached hydrogens (tertiary/aromatic N) is 1. The first kappa shape index (κ1) is 12.3. The summed E-state index contributed by atoms with van der Waals surface area (Å²) >= 11 is 6.05. The number of nitrogens with two attached hydrogens (primary N) is 1. The van der Waals surface area contributed by atoms with E-state index < -0.39 is 5.97 Å². The van der Waals surface area contributed by atoms with Gasteiger partial charge in [-0.1, -0.05) is 16.8 Å². The highest BCUT2D eigenvalue weighted by Gasteiger charge is 2.23. The number of carbonyl (C=O) groups is 1. The fourth-order valence-corrected chi connectivity index (χ4v) is 1.80. The monoisotopic (exact) mass is 268 g/mol. The molecule has 1 heterocycles. The molecular weight excluding hydrogens is 260 g/mol. The molecule has 3 N–H and O–H groups in total. The summed E-state index contributed by atoms with van der Waals surface area (Å²) < 4.78 is 9.68. The summed E-state index contributed by atoms with van der Waals surface area (Å²) in [4.78, 5) is 11.0. The van der Waals surface area contributed by atoms with Crippen LogP contribution in [0.4, 0.5) is 5.88 Å². The van der Waals surface area contributed by atoms with Gasteiger partial charge in [0.1, 0.15) is 5.75 Å². The molecule has 1 aromatic carbocycles. The quantitative estimate of drug-likeness (QED) is 0.886. The fourth-order valence-electron chi connectivity index (χ4n) is 1.53. The number of nitrogen functional groups attached to an aromatic ring is 1. The Labute approximate surface area is 107 Å². The minimum Gasteiger partial charge on any atom is -0.497 e. The summed E-state index contributed by atoms with van der Waals surface area (Å²) in [7, 11) is 1.50. The molecular formula is C11H9ClN2O4. The largest absolute Gasteiger partial charge is 0.497 e. The Hall–Kier alpha value is -2.21. The normalized spacial score (nSPS) is 10.3. The molecule has 0 spiro atoms. The highest BCUT2D eigenvalue weighted by molar-refractivity contribution is 6.33. The lowest BCUT2D eigenvalue weighted by Crippen LogP contribution is -2.00. The van der Waals surface area contributed by atoms with Gasteiger partial charge in [-0.25, -0.2) is 4.79 Å². The van der Waals surface area contributed by atoms with E-state index in [1.54, 1.807) is 18.2 Å². The summed E-state index contributed by atoms with van der Waals surface area (Å²) in [6, 6.07) is 4.78. The van der Waals surface area contributed by atoms with Gasteiger partial charge in [0.25, 0.3) is 0 Å². The predicted octanol–water partition coefficient (Wildman–Crippen LogP) is 2.28. The smallest absolute Gasteiger partial charge is 0.358 e. The summed E-state index contributed by atoms with van der Waals surface area (Å²) in [5, 5.41) is 12.7. The molecule has 0 amide bonds. The van der Waals surface area contributed by atoms with Crippen molar-refractivity contribution in [2.45, 2.75) is 0 Å². The van der Waals surface area contributed by atoms with Crippen LogP contribution in [0.15, 0.2) is 22.7 Å². The lowest BCUT2D eigenvalue weighted by Gasteiger charge is -2.05. The van der Waals surface area contributed by atoms with Gasteiger partial charge in [-0.15, -0.1) is 0 Å². The van der Waals surface area contributed by atoms with Gasteiger partial charge < -0.3 is 20.1 Å². The number of carboxylic acid groups (broad SMARTS) is 1. The predicted molar refractivity (Wildman–Crippen MR) is 64.9 cm³/mol. The van der Waals surface area contributed by atoms with Crippen LogP contribution in [-0.4, -0.2) is 23.3 Å². The van der Waals surface area contributed by atoms with E-state index in [1.165, 1.54) is 7.11 Å². The number of hydrogen-bond donors (Lipinski definition) is 2. The third kappa shape index (κ3) is 1.98. The van der Waals surface area contributed by atoms with E-state index in [0.29, 0.717) is 16.3 Å². The first-order chi connectivity index (χ1) is 8.54. The minimum atomic E-state index is -1.24. The van der Waals surface area contributed by atoms with E-state index in [-0.39, 0.29) is 17.1 Å². The standard InChI is InChI=1S/C11H9ClN2O4/c1-17-5-2-3-6(7(12)4-5)8-9(11(15)16)14-18-10(8)13/h2-4H,13H2,1H3,(H,15,16). The maximum absolute atomic E-state index is 11.0. The molecule has 1 aromatic heterocycles.